The van der Waals surface area contributed by atoms with Gasteiger partial charge in [0.2, 0.25) is 0 Å². The molecule has 3 rings (SSSR count). The zero-order valence-electron chi connectivity index (χ0n) is 11.7. The highest BCUT2D eigenvalue weighted by Crippen LogP contribution is 2.41. The standard InChI is InChI=1S/C12H11F3N2O3S3/c1-23(18,19)20-5-7-4-17-10-8(21-7)2-6(12(13,14)15)3-9(10)22-11(17)16/h2-3,7,16H,4-5H2,1H3. The lowest BCUT2D eigenvalue weighted by atomic mass is 10.2. The number of hydrogen-bond donors (Lipinski definition) is 1. The predicted molar refractivity (Wildman–Crippen MR) is 81.1 cm³/mol. The van der Waals surface area contributed by atoms with Crippen LogP contribution in [0.1, 0.15) is 5.56 Å². The fourth-order valence-corrected chi connectivity index (χ4v) is 5.12. The van der Waals surface area contributed by atoms with Crippen LogP contribution in [0.4, 0.5) is 13.2 Å². The lowest BCUT2D eigenvalue weighted by molar-refractivity contribution is -0.137. The fraction of sp³-hybridized carbons (Fsp3) is 0.417. The first kappa shape index (κ1) is 16.8. The van der Waals surface area contributed by atoms with Gasteiger partial charge in [0.25, 0.3) is 10.1 Å². The van der Waals surface area contributed by atoms with E-state index in [2.05, 4.69) is 0 Å². The number of benzene rings is 1. The summed E-state index contributed by atoms with van der Waals surface area (Å²) < 4.78 is 67.9. The summed E-state index contributed by atoms with van der Waals surface area (Å²) in [6, 6.07) is 2.09. The quantitative estimate of drug-likeness (QED) is 0.826. The summed E-state index contributed by atoms with van der Waals surface area (Å²) in [5.41, 5.74) is -0.181. The molecule has 0 aliphatic carbocycles. The Kier molecular flexibility index (Phi) is 4.02. The van der Waals surface area contributed by atoms with Gasteiger partial charge in [0.15, 0.2) is 4.80 Å². The summed E-state index contributed by atoms with van der Waals surface area (Å²) in [7, 11) is -3.63. The van der Waals surface area contributed by atoms with Crippen molar-refractivity contribution in [1.82, 2.24) is 4.57 Å². The molecule has 5 nitrogen and oxygen atoms in total. The topological polar surface area (TPSA) is 72.2 Å². The molecular formula is C12H11F3N2O3S3. The monoisotopic (exact) mass is 384 g/mol. The van der Waals surface area contributed by atoms with Gasteiger partial charge in [-0.05, 0) is 12.1 Å². The second-order valence-corrected chi connectivity index (χ2v) is 9.08. The Labute approximate surface area is 137 Å². The first-order valence-corrected chi connectivity index (χ1v) is 9.86. The highest BCUT2D eigenvalue weighted by molar-refractivity contribution is 8.00. The van der Waals surface area contributed by atoms with Crippen molar-refractivity contribution >= 4 is 43.4 Å². The van der Waals surface area contributed by atoms with Gasteiger partial charge < -0.3 is 4.57 Å². The molecule has 0 fully saturated rings. The SMILES string of the molecule is CS(=O)(=O)OCC1Cn2c(=N)sc3cc(C(F)(F)F)cc(c32)S1. The number of aromatic nitrogens is 1. The number of thioether (sulfide) groups is 1. The van der Waals surface area contributed by atoms with Gasteiger partial charge in [-0.15, -0.1) is 11.8 Å². The maximum atomic E-state index is 13.0. The normalized spacial score (nSPS) is 18.5. The lowest BCUT2D eigenvalue weighted by Gasteiger charge is -2.24. The average Bonchev–Trinajstić information content (AvgIpc) is 2.72. The number of thiazole rings is 1. The minimum absolute atomic E-state index is 0.130. The van der Waals surface area contributed by atoms with Crippen LogP contribution in [0.2, 0.25) is 0 Å². The van der Waals surface area contributed by atoms with Crippen molar-refractivity contribution in [2.24, 2.45) is 0 Å². The molecule has 0 amide bonds. The van der Waals surface area contributed by atoms with Crippen molar-refractivity contribution in [3.63, 3.8) is 0 Å². The molecule has 2 aromatic rings. The van der Waals surface area contributed by atoms with E-state index in [1.54, 1.807) is 4.57 Å². The van der Waals surface area contributed by atoms with Crippen LogP contribution in [-0.2, 0) is 27.0 Å². The molecule has 1 N–H and O–H groups in total. The molecule has 0 saturated carbocycles. The van der Waals surface area contributed by atoms with Crippen LogP contribution in [0.25, 0.3) is 10.2 Å². The third-order valence-electron chi connectivity index (χ3n) is 3.24. The van der Waals surface area contributed by atoms with E-state index >= 15 is 0 Å². The van der Waals surface area contributed by atoms with E-state index in [1.807, 2.05) is 0 Å². The largest absolute Gasteiger partial charge is 0.416 e. The van der Waals surface area contributed by atoms with Crippen LogP contribution >= 0.6 is 23.1 Å². The van der Waals surface area contributed by atoms with Crippen molar-refractivity contribution in [2.45, 2.75) is 22.9 Å². The zero-order chi connectivity index (χ0) is 17.0. The van der Waals surface area contributed by atoms with Gasteiger partial charge in [0.1, 0.15) is 0 Å². The molecule has 1 aliphatic heterocycles. The Morgan fingerprint density at radius 3 is 2.74 bits per heavy atom. The molecule has 1 aliphatic rings. The molecule has 2 heterocycles. The summed E-state index contributed by atoms with van der Waals surface area (Å²) in [5, 5.41) is 7.55. The molecule has 0 saturated heterocycles. The molecule has 11 heteroatoms. The minimum Gasteiger partial charge on any atom is -0.315 e. The third kappa shape index (κ3) is 3.42. The van der Waals surface area contributed by atoms with Crippen molar-refractivity contribution in [2.75, 3.05) is 12.9 Å². The number of hydrogen-bond acceptors (Lipinski definition) is 6. The number of nitrogens with one attached hydrogen (secondary N) is 1. The summed E-state index contributed by atoms with van der Waals surface area (Å²) in [4.78, 5) is 0.517. The van der Waals surface area contributed by atoms with Crippen LogP contribution in [0.3, 0.4) is 0 Å². The van der Waals surface area contributed by atoms with Crippen LogP contribution in [-0.4, -0.2) is 31.1 Å². The molecule has 0 spiro atoms. The number of nitrogens with zero attached hydrogens (tertiary/aromatic N) is 1. The van der Waals surface area contributed by atoms with E-state index in [4.69, 9.17) is 9.59 Å². The molecular weight excluding hydrogens is 373 g/mol. The predicted octanol–water partition coefficient (Wildman–Crippen LogP) is 2.65. The highest BCUT2D eigenvalue weighted by atomic mass is 32.2. The van der Waals surface area contributed by atoms with E-state index in [9.17, 15) is 21.6 Å². The molecule has 1 atom stereocenters. The molecule has 1 aromatic carbocycles. The maximum Gasteiger partial charge on any atom is 0.416 e. The van der Waals surface area contributed by atoms with E-state index in [0.29, 0.717) is 21.7 Å². The average molecular weight is 384 g/mol. The fourth-order valence-electron chi connectivity index (χ4n) is 2.32. The van der Waals surface area contributed by atoms with Crippen LogP contribution in [0.5, 0.6) is 0 Å². The summed E-state index contributed by atoms with van der Waals surface area (Å²) in [5.74, 6) is 0. The number of alkyl halides is 3. The summed E-state index contributed by atoms with van der Waals surface area (Å²) in [6.45, 7) is 0.167. The van der Waals surface area contributed by atoms with Crippen molar-refractivity contribution < 1.29 is 25.8 Å². The van der Waals surface area contributed by atoms with Gasteiger partial charge in [-0.3, -0.25) is 9.59 Å². The van der Waals surface area contributed by atoms with Crippen LogP contribution < -0.4 is 4.80 Å². The molecule has 126 valence electrons. The van der Waals surface area contributed by atoms with Gasteiger partial charge >= 0.3 is 6.18 Å². The van der Waals surface area contributed by atoms with Gasteiger partial charge in [0.05, 0.1) is 33.9 Å². The Bertz CT molecular complexity index is 931. The van der Waals surface area contributed by atoms with E-state index in [1.165, 1.54) is 0 Å². The van der Waals surface area contributed by atoms with E-state index < -0.39 is 21.9 Å². The third-order valence-corrected chi connectivity index (χ3v) is 5.93. The van der Waals surface area contributed by atoms with Gasteiger partial charge in [-0.1, -0.05) is 11.3 Å². The molecule has 1 unspecified atom stereocenters. The molecule has 0 bridgehead atoms. The second-order valence-electron chi connectivity index (χ2n) is 5.07. The molecule has 23 heavy (non-hydrogen) atoms. The van der Waals surface area contributed by atoms with E-state index in [-0.39, 0.29) is 16.7 Å². The summed E-state index contributed by atoms with van der Waals surface area (Å²) in [6.07, 6.45) is -3.56. The Morgan fingerprint density at radius 1 is 1.43 bits per heavy atom. The second kappa shape index (κ2) is 5.50. The summed E-state index contributed by atoms with van der Waals surface area (Å²) >= 11 is 2.12. The van der Waals surface area contributed by atoms with Crippen LogP contribution in [0, 0.1) is 5.41 Å². The zero-order valence-corrected chi connectivity index (χ0v) is 14.1. The van der Waals surface area contributed by atoms with Crippen molar-refractivity contribution in [3.05, 3.63) is 22.5 Å². The van der Waals surface area contributed by atoms with E-state index in [0.717, 1.165) is 41.5 Å². The van der Waals surface area contributed by atoms with Crippen molar-refractivity contribution in [3.8, 4) is 0 Å². The van der Waals surface area contributed by atoms with Gasteiger partial charge in [-0.25, -0.2) is 0 Å². The highest BCUT2D eigenvalue weighted by Gasteiger charge is 2.34. The van der Waals surface area contributed by atoms with Gasteiger partial charge in [-0.2, -0.15) is 21.6 Å². The molecule has 1 aromatic heterocycles. The lowest BCUT2D eigenvalue weighted by Crippen LogP contribution is -2.28. The van der Waals surface area contributed by atoms with Crippen LogP contribution in [0.15, 0.2) is 17.0 Å². The number of halogens is 3. The van der Waals surface area contributed by atoms with Crippen molar-refractivity contribution in [1.29, 1.82) is 5.41 Å². The maximum absolute atomic E-state index is 13.0. The first-order chi connectivity index (χ1) is 10.5. The smallest absolute Gasteiger partial charge is 0.315 e. The molecule has 0 radical (unpaired) electrons. The minimum atomic E-state index is -4.47. The Hall–Kier alpha value is -1.04. The Morgan fingerprint density at radius 2 is 2.13 bits per heavy atom. The number of rotatable bonds is 3. The Balaban J connectivity index is 2.04. The van der Waals surface area contributed by atoms with Gasteiger partial charge in [0, 0.05) is 11.4 Å². The first-order valence-electron chi connectivity index (χ1n) is 6.35.